The highest BCUT2D eigenvalue weighted by Crippen LogP contribution is 2.32. The number of nitrogens with zero attached hydrogens (tertiary/aromatic N) is 3. The van der Waals surface area contributed by atoms with E-state index in [9.17, 15) is 8.42 Å². The molecule has 0 saturated heterocycles. The molecule has 0 saturated carbocycles. The first-order valence-corrected chi connectivity index (χ1v) is 9.73. The molecule has 0 amide bonds. The van der Waals surface area contributed by atoms with E-state index in [2.05, 4.69) is 5.10 Å². The summed E-state index contributed by atoms with van der Waals surface area (Å²) in [5.74, 6) is 0. The second-order valence-corrected chi connectivity index (χ2v) is 8.10. The van der Waals surface area contributed by atoms with Gasteiger partial charge < -0.3 is 0 Å². The summed E-state index contributed by atoms with van der Waals surface area (Å²) in [5.41, 5.74) is 3.46. The molecule has 2 heterocycles. The van der Waals surface area contributed by atoms with Gasteiger partial charge in [0.1, 0.15) is 0 Å². The quantitative estimate of drug-likeness (QED) is 0.726. The highest BCUT2D eigenvalue weighted by Gasteiger charge is 2.31. The van der Waals surface area contributed by atoms with Crippen molar-refractivity contribution in [3.63, 3.8) is 0 Å². The maximum Gasteiger partial charge on any atom is 0.264 e. The van der Waals surface area contributed by atoms with Crippen molar-refractivity contribution in [3.8, 4) is 5.69 Å². The Labute approximate surface area is 147 Å². The van der Waals surface area contributed by atoms with Crippen LogP contribution in [-0.2, 0) is 16.4 Å². The molecule has 0 unspecified atom stereocenters. The molecule has 128 valence electrons. The number of rotatable bonds is 3. The lowest BCUT2D eigenvalue weighted by Gasteiger charge is -2.27. The lowest BCUT2D eigenvalue weighted by molar-refractivity contribution is 0.586. The number of hydrogen-bond acceptors (Lipinski definition) is 3. The molecular formula is C19H19N3O2S. The van der Waals surface area contributed by atoms with Crippen molar-refractivity contribution < 1.29 is 8.42 Å². The fraction of sp³-hybridized carbons (Fsp3) is 0.211. The summed E-state index contributed by atoms with van der Waals surface area (Å²) in [5, 5.41) is 4.60. The Balaban J connectivity index is 1.77. The molecule has 1 aromatic heterocycles. The lowest BCUT2D eigenvalue weighted by Crippen LogP contribution is -2.35. The number of aromatic nitrogens is 2. The van der Waals surface area contributed by atoms with Crippen LogP contribution < -0.4 is 4.31 Å². The average Bonchev–Trinajstić information content (AvgIpc) is 3.07. The molecule has 5 nitrogen and oxygen atoms in total. The fourth-order valence-electron chi connectivity index (χ4n) is 3.10. The summed E-state index contributed by atoms with van der Waals surface area (Å²) in [6.07, 6.45) is 3.37. The first-order valence-electron chi connectivity index (χ1n) is 8.29. The molecule has 4 rings (SSSR count). The number of aryl methyl sites for hydroxylation is 2. The summed E-state index contributed by atoms with van der Waals surface area (Å²) in [6.45, 7) is 2.42. The lowest BCUT2D eigenvalue weighted by atomic mass is 10.1. The van der Waals surface area contributed by atoms with Crippen LogP contribution in [-0.4, -0.2) is 24.7 Å². The van der Waals surface area contributed by atoms with E-state index < -0.39 is 10.0 Å². The molecular weight excluding hydrogens is 334 g/mol. The second kappa shape index (κ2) is 6.04. The summed E-state index contributed by atoms with van der Waals surface area (Å²) in [4.78, 5) is 0.318. The summed E-state index contributed by atoms with van der Waals surface area (Å²) >= 11 is 0. The molecule has 0 spiro atoms. The molecule has 0 radical (unpaired) electrons. The molecule has 0 aliphatic carbocycles. The van der Waals surface area contributed by atoms with E-state index in [0.717, 1.165) is 29.8 Å². The third-order valence-corrected chi connectivity index (χ3v) is 6.27. The van der Waals surface area contributed by atoms with Crippen LogP contribution in [0.2, 0.25) is 0 Å². The van der Waals surface area contributed by atoms with Gasteiger partial charge in [-0.1, -0.05) is 35.9 Å². The molecule has 3 aromatic rings. The van der Waals surface area contributed by atoms with Crippen molar-refractivity contribution >= 4 is 15.7 Å². The normalized spacial score (nSPS) is 14.4. The first-order chi connectivity index (χ1) is 12.1. The van der Waals surface area contributed by atoms with Gasteiger partial charge in [0.25, 0.3) is 10.0 Å². The Morgan fingerprint density at radius 2 is 1.72 bits per heavy atom. The molecule has 6 heteroatoms. The van der Waals surface area contributed by atoms with Crippen molar-refractivity contribution in [1.29, 1.82) is 0 Å². The van der Waals surface area contributed by atoms with Gasteiger partial charge in [-0.3, -0.25) is 4.31 Å². The fourth-order valence-corrected chi connectivity index (χ4v) is 4.61. The predicted molar refractivity (Wildman–Crippen MR) is 97.6 cm³/mol. The average molecular weight is 353 g/mol. The van der Waals surface area contributed by atoms with Crippen LogP contribution >= 0.6 is 0 Å². The van der Waals surface area contributed by atoms with E-state index in [1.54, 1.807) is 16.8 Å². The molecule has 2 aromatic carbocycles. The standard InChI is InChI=1S/C19H19N3O2S/c1-15-9-11-17(12-10-15)25(23,24)22-13-5-8-18-19(22)14-21(20-18)16-6-3-2-4-7-16/h2-4,6-7,9-12,14H,5,8,13H2,1H3. The summed E-state index contributed by atoms with van der Waals surface area (Å²) in [6, 6.07) is 16.7. The zero-order valence-electron chi connectivity index (χ0n) is 14.0. The monoisotopic (exact) mass is 353 g/mol. The summed E-state index contributed by atoms with van der Waals surface area (Å²) < 4.78 is 29.4. The van der Waals surface area contributed by atoms with Crippen LogP contribution in [0.25, 0.3) is 5.69 Å². The van der Waals surface area contributed by atoms with Gasteiger partial charge in [-0.25, -0.2) is 13.1 Å². The van der Waals surface area contributed by atoms with Crippen LogP contribution in [0, 0.1) is 6.92 Å². The minimum Gasteiger partial charge on any atom is -0.263 e. The van der Waals surface area contributed by atoms with E-state index in [1.165, 1.54) is 4.31 Å². The van der Waals surface area contributed by atoms with Gasteiger partial charge in [-0.05, 0) is 44.0 Å². The highest BCUT2D eigenvalue weighted by molar-refractivity contribution is 7.92. The smallest absolute Gasteiger partial charge is 0.263 e. The Bertz CT molecular complexity index is 993. The molecule has 1 aliphatic heterocycles. The molecule has 0 N–H and O–H groups in total. The summed E-state index contributed by atoms with van der Waals surface area (Å²) in [7, 11) is -3.58. The topological polar surface area (TPSA) is 55.2 Å². The van der Waals surface area contributed by atoms with Crippen molar-refractivity contribution in [1.82, 2.24) is 9.78 Å². The molecule has 0 fully saturated rings. The number of sulfonamides is 1. The Morgan fingerprint density at radius 1 is 1.00 bits per heavy atom. The maximum absolute atomic E-state index is 13.1. The van der Waals surface area contributed by atoms with Gasteiger partial charge in [-0.15, -0.1) is 0 Å². The highest BCUT2D eigenvalue weighted by atomic mass is 32.2. The van der Waals surface area contributed by atoms with Crippen molar-refractivity contribution in [2.45, 2.75) is 24.7 Å². The molecule has 0 atom stereocenters. The van der Waals surface area contributed by atoms with E-state index in [1.807, 2.05) is 55.6 Å². The second-order valence-electron chi connectivity index (χ2n) is 6.23. The van der Waals surface area contributed by atoms with Crippen LogP contribution in [0.15, 0.2) is 65.7 Å². The van der Waals surface area contributed by atoms with Crippen molar-refractivity contribution in [2.24, 2.45) is 0 Å². The number of hydrogen-bond donors (Lipinski definition) is 0. The van der Waals surface area contributed by atoms with Gasteiger partial charge >= 0.3 is 0 Å². The maximum atomic E-state index is 13.1. The molecule has 0 bridgehead atoms. The van der Waals surface area contributed by atoms with Crippen LogP contribution in [0.5, 0.6) is 0 Å². The van der Waals surface area contributed by atoms with E-state index >= 15 is 0 Å². The van der Waals surface area contributed by atoms with Crippen molar-refractivity contribution in [3.05, 3.63) is 72.1 Å². The third kappa shape index (κ3) is 2.82. The van der Waals surface area contributed by atoms with Gasteiger partial charge in [0.05, 0.1) is 28.2 Å². The number of para-hydroxylation sites is 1. The largest absolute Gasteiger partial charge is 0.264 e. The third-order valence-electron chi connectivity index (χ3n) is 4.44. The predicted octanol–water partition coefficient (Wildman–Crippen LogP) is 3.32. The van der Waals surface area contributed by atoms with E-state index in [0.29, 0.717) is 17.1 Å². The zero-order chi connectivity index (χ0) is 17.4. The Hall–Kier alpha value is -2.60. The number of fused-ring (bicyclic) bond motifs is 1. The minimum absolute atomic E-state index is 0.318. The first kappa shape index (κ1) is 15.9. The SMILES string of the molecule is Cc1ccc(S(=O)(=O)N2CCCc3nn(-c4ccccc4)cc32)cc1. The van der Waals surface area contributed by atoms with Crippen molar-refractivity contribution in [2.75, 3.05) is 10.8 Å². The van der Waals surface area contributed by atoms with Crippen LogP contribution in [0.3, 0.4) is 0 Å². The zero-order valence-corrected chi connectivity index (χ0v) is 14.8. The van der Waals surface area contributed by atoms with Gasteiger partial charge in [0.15, 0.2) is 0 Å². The number of benzene rings is 2. The van der Waals surface area contributed by atoms with Crippen LogP contribution in [0.4, 0.5) is 5.69 Å². The van der Waals surface area contributed by atoms with Gasteiger partial charge in [-0.2, -0.15) is 5.10 Å². The van der Waals surface area contributed by atoms with E-state index in [4.69, 9.17) is 0 Å². The molecule has 1 aliphatic rings. The van der Waals surface area contributed by atoms with Gasteiger partial charge in [0.2, 0.25) is 0 Å². The van der Waals surface area contributed by atoms with Gasteiger partial charge in [0, 0.05) is 6.54 Å². The minimum atomic E-state index is -3.58. The van der Waals surface area contributed by atoms with Crippen LogP contribution in [0.1, 0.15) is 17.7 Å². The Kier molecular flexibility index (Phi) is 3.84. The Morgan fingerprint density at radius 3 is 2.44 bits per heavy atom. The number of anilines is 1. The van der Waals surface area contributed by atoms with E-state index in [-0.39, 0.29) is 0 Å². The molecule has 25 heavy (non-hydrogen) atoms.